The summed E-state index contributed by atoms with van der Waals surface area (Å²) in [5.41, 5.74) is 0.584. The first-order chi connectivity index (χ1) is 12.4. The van der Waals surface area contributed by atoms with Crippen LogP contribution in [-0.2, 0) is 9.59 Å². The van der Waals surface area contributed by atoms with E-state index >= 15 is 0 Å². The first-order valence-corrected chi connectivity index (χ1v) is 8.86. The van der Waals surface area contributed by atoms with E-state index in [2.05, 4.69) is 0 Å². The molecule has 2 rings (SSSR count). The maximum absolute atomic E-state index is 13.1. The molecule has 0 saturated carbocycles. The number of hydrogen-bond acceptors (Lipinski definition) is 4. The molecule has 7 heteroatoms. The van der Waals surface area contributed by atoms with E-state index in [1.54, 1.807) is 12.1 Å². The summed E-state index contributed by atoms with van der Waals surface area (Å²) in [6.45, 7) is 6.75. The molecule has 1 fully saturated rings. The second-order valence-electron chi connectivity index (χ2n) is 6.69. The predicted molar refractivity (Wildman–Crippen MR) is 96.8 cm³/mol. The third-order valence-electron chi connectivity index (χ3n) is 4.42. The molecule has 6 nitrogen and oxygen atoms in total. The van der Waals surface area contributed by atoms with Crippen LogP contribution in [-0.4, -0.2) is 60.9 Å². The van der Waals surface area contributed by atoms with Crippen molar-refractivity contribution in [3.63, 3.8) is 0 Å². The van der Waals surface area contributed by atoms with E-state index in [1.807, 2.05) is 29.7 Å². The molecule has 0 N–H and O–H groups in total. The van der Waals surface area contributed by atoms with Crippen LogP contribution in [0.15, 0.2) is 24.3 Å². The summed E-state index contributed by atoms with van der Waals surface area (Å²) >= 11 is 0. The van der Waals surface area contributed by atoms with Gasteiger partial charge in [-0.25, -0.2) is 4.39 Å². The minimum atomic E-state index is -0.368. The van der Waals surface area contributed by atoms with Gasteiger partial charge in [0.15, 0.2) is 0 Å². The third kappa shape index (κ3) is 5.27. The van der Waals surface area contributed by atoms with Gasteiger partial charge in [0.2, 0.25) is 11.8 Å². The van der Waals surface area contributed by atoms with Crippen LogP contribution in [0.25, 0.3) is 0 Å². The molecule has 0 atom stereocenters. The summed E-state index contributed by atoms with van der Waals surface area (Å²) in [6.07, 6.45) is 0.208. The number of anilines is 1. The third-order valence-corrected chi connectivity index (χ3v) is 4.42. The van der Waals surface area contributed by atoms with Crippen LogP contribution >= 0.6 is 0 Å². The maximum atomic E-state index is 13.1. The zero-order valence-electron chi connectivity index (χ0n) is 15.3. The number of nitrogens with zero attached hydrogens (tertiary/aromatic N) is 4. The Bertz CT molecular complexity index is 661. The molecule has 1 aliphatic heterocycles. The monoisotopic (exact) mass is 360 g/mol. The molecule has 0 spiro atoms. The van der Waals surface area contributed by atoms with Gasteiger partial charge in [0, 0.05) is 44.3 Å². The fourth-order valence-corrected chi connectivity index (χ4v) is 2.95. The first kappa shape index (κ1) is 19.9. The van der Waals surface area contributed by atoms with Crippen molar-refractivity contribution in [3.05, 3.63) is 30.1 Å². The van der Waals surface area contributed by atoms with Crippen LogP contribution in [0.3, 0.4) is 0 Å². The van der Waals surface area contributed by atoms with E-state index < -0.39 is 0 Å². The van der Waals surface area contributed by atoms with Crippen LogP contribution < -0.4 is 4.90 Å². The standard InChI is InChI=1S/C19H25FN4O2/c1-15(2)19(26)23-12-10-22(11-13-23)14-18(25)24(9-3-8-21)17-6-4-16(20)5-7-17/h4-7,15H,3,9-14H2,1-2H3. The topological polar surface area (TPSA) is 67.7 Å². The van der Waals surface area contributed by atoms with Gasteiger partial charge < -0.3 is 9.80 Å². The molecule has 0 aromatic heterocycles. The lowest BCUT2D eigenvalue weighted by Gasteiger charge is -2.36. The van der Waals surface area contributed by atoms with Gasteiger partial charge in [-0.15, -0.1) is 0 Å². The number of carbonyl (C=O) groups excluding carboxylic acids is 2. The Hall–Kier alpha value is -2.46. The molecule has 1 aliphatic rings. The normalized spacial score (nSPS) is 15.0. The van der Waals surface area contributed by atoms with E-state index in [1.165, 1.54) is 17.0 Å². The quantitative estimate of drug-likeness (QED) is 0.777. The number of nitriles is 1. The molecule has 0 unspecified atom stereocenters. The summed E-state index contributed by atoms with van der Waals surface area (Å²) in [6, 6.07) is 7.74. The number of benzene rings is 1. The van der Waals surface area contributed by atoms with Crippen molar-refractivity contribution >= 4 is 17.5 Å². The molecular weight excluding hydrogens is 335 g/mol. The Balaban J connectivity index is 1.96. The Morgan fingerprint density at radius 1 is 1.19 bits per heavy atom. The van der Waals surface area contributed by atoms with Gasteiger partial charge in [-0.2, -0.15) is 5.26 Å². The van der Waals surface area contributed by atoms with Gasteiger partial charge in [0.1, 0.15) is 5.82 Å². The highest BCUT2D eigenvalue weighted by molar-refractivity contribution is 5.94. The van der Waals surface area contributed by atoms with E-state index in [0.29, 0.717) is 31.9 Å². The van der Waals surface area contributed by atoms with Gasteiger partial charge in [-0.05, 0) is 24.3 Å². The summed E-state index contributed by atoms with van der Waals surface area (Å²) in [4.78, 5) is 30.1. The molecule has 26 heavy (non-hydrogen) atoms. The molecule has 0 radical (unpaired) electrons. The molecule has 1 saturated heterocycles. The van der Waals surface area contributed by atoms with Crippen molar-refractivity contribution in [2.45, 2.75) is 20.3 Å². The fourth-order valence-electron chi connectivity index (χ4n) is 2.95. The van der Waals surface area contributed by atoms with Crippen molar-refractivity contribution in [1.29, 1.82) is 5.26 Å². The van der Waals surface area contributed by atoms with Crippen LogP contribution in [0, 0.1) is 23.1 Å². The lowest BCUT2D eigenvalue weighted by Crippen LogP contribution is -2.52. The second kappa shape index (κ2) is 9.30. The van der Waals surface area contributed by atoms with Gasteiger partial charge in [0.05, 0.1) is 19.0 Å². The number of amides is 2. The van der Waals surface area contributed by atoms with E-state index in [0.717, 1.165) is 0 Å². The number of piperazine rings is 1. The molecule has 1 aromatic carbocycles. The van der Waals surface area contributed by atoms with Gasteiger partial charge in [-0.1, -0.05) is 13.8 Å². The molecular formula is C19H25FN4O2. The van der Waals surface area contributed by atoms with Crippen molar-refractivity contribution in [2.75, 3.05) is 44.2 Å². The number of halogens is 1. The fraction of sp³-hybridized carbons (Fsp3) is 0.526. The predicted octanol–water partition coefficient (Wildman–Crippen LogP) is 1.87. The summed E-state index contributed by atoms with van der Waals surface area (Å²) < 4.78 is 13.1. The molecule has 0 aliphatic carbocycles. The second-order valence-corrected chi connectivity index (χ2v) is 6.69. The first-order valence-electron chi connectivity index (χ1n) is 8.86. The summed E-state index contributed by atoms with van der Waals surface area (Å²) in [7, 11) is 0. The van der Waals surface area contributed by atoms with Crippen LogP contribution in [0.2, 0.25) is 0 Å². The summed E-state index contributed by atoms with van der Waals surface area (Å²) in [5.74, 6) is -0.385. The van der Waals surface area contributed by atoms with Crippen molar-refractivity contribution in [1.82, 2.24) is 9.80 Å². The SMILES string of the molecule is CC(C)C(=O)N1CCN(CC(=O)N(CCC#N)c2ccc(F)cc2)CC1. The Kier molecular flexibility index (Phi) is 7.10. The number of carbonyl (C=O) groups is 2. The Morgan fingerprint density at radius 2 is 1.81 bits per heavy atom. The van der Waals surface area contributed by atoms with Crippen LogP contribution in [0.4, 0.5) is 10.1 Å². The molecule has 1 heterocycles. The van der Waals surface area contributed by atoms with Crippen LogP contribution in [0.5, 0.6) is 0 Å². The van der Waals surface area contributed by atoms with Crippen molar-refractivity contribution < 1.29 is 14.0 Å². The largest absolute Gasteiger partial charge is 0.340 e. The zero-order valence-corrected chi connectivity index (χ0v) is 15.3. The van der Waals surface area contributed by atoms with Gasteiger partial charge in [-0.3, -0.25) is 14.5 Å². The average molecular weight is 360 g/mol. The highest BCUT2D eigenvalue weighted by atomic mass is 19.1. The molecule has 140 valence electrons. The van der Waals surface area contributed by atoms with E-state index in [4.69, 9.17) is 5.26 Å². The molecule has 1 aromatic rings. The minimum Gasteiger partial charge on any atom is -0.340 e. The lowest BCUT2D eigenvalue weighted by molar-refractivity contribution is -0.136. The summed E-state index contributed by atoms with van der Waals surface area (Å²) in [5, 5.41) is 8.84. The zero-order chi connectivity index (χ0) is 19.1. The molecule has 0 bridgehead atoms. The van der Waals surface area contributed by atoms with E-state index in [9.17, 15) is 14.0 Å². The van der Waals surface area contributed by atoms with Crippen molar-refractivity contribution in [3.8, 4) is 6.07 Å². The Labute approximate surface area is 153 Å². The lowest BCUT2D eigenvalue weighted by atomic mass is 10.1. The number of hydrogen-bond donors (Lipinski definition) is 0. The van der Waals surface area contributed by atoms with Crippen molar-refractivity contribution in [2.24, 2.45) is 5.92 Å². The minimum absolute atomic E-state index is 0.0249. The van der Waals surface area contributed by atoms with Gasteiger partial charge >= 0.3 is 0 Å². The maximum Gasteiger partial charge on any atom is 0.241 e. The number of rotatable bonds is 6. The van der Waals surface area contributed by atoms with E-state index in [-0.39, 0.29) is 43.1 Å². The van der Waals surface area contributed by atoms with Crippen LogP contribution in [0.1, 0.15) is 20.3 Å². The highest BCUT2D eigenvalue weighted by Gasteiger charge is 2.25. The highest BCUT2D eigenvalue weighted by Crippen LogP contribution is 2.16. The molecule has 2 amide bonds. The van der Waals surface area contributed by atoms with Gasteiger partial charge in [0.25, 0.3) is 0 Å². The Morgan fingerprint density at radius 3 is 2.35 bits per heavy atom. The smallest absolute Gasteiger partial charge is 0.241 e. The average Bonchev–Trinajstić information content (AvgIpc) is 2.63.